The van der Waals surface area contributed by atoms with Crippen molar-refractivity contribution in [1.29, 1.82) is 0 Å². The maximum atomic E-state index is 6.04. The third kappa shape index (κ3) is 3.12. The zero-order valence-corrected chi connectivity index (χ0v) is 15.8. The highest BCUT2D eigenvalue weighted by molar-refractivity contribution is 5.58. The van der Waals surface area contributed by atoms with Gasteiger partial charge >= 0.3 is 0 Å². The SMILES string of the molecule is Cc1ccc(-c2noc(-c3cc4n(n3)C[C@@H](c3ccc(C)cc3)OC4)n2)cc1. The molecule has 6 nitrogen and oxygen atoms in total. The van der Waals surface area contributed by atoms with E-state index in [1.807, 2.05) is 41.9 Å². The Bertz CT molecular complexity index is 1110. The van der Waals surface area contributed by atoms with Gasteiger partial charge in [-0.3, -0.25) is 4.68 Å². The quantitative estimate of drug-likeness (QED) is 0.530. The first-order chi connectivity index (χ1) is 13.7. The normalized spacial score (nSPS) is 16.1. The minimum Gasteiger partial charge on any atom is -0.365 e. The summed E-state index contributed by atoms with van der Waals surface area (Å²) in [6, 6.07) is 18.4. The van der Waals surface area contributed by atoms with Crippen LogP contribution in [0.2, 0.25) is 0 Å². The number of nitrogens with zero attached hydrogens (tertiary/aromatic N) is 4. The average molecular weight is 372 g/mol. The maximum Gasteiger partial charge on any atom is 0.278 e. The molecular formula is C22H20N4O2. The zero-order valence-electron chi connectivity index (χ0n) is 15.8. The molecule has 0 N–H and O–H groups in total. The molecule has 6 heteroatoms. The molecule has 2 aromatic heterocycles. The van der Waals surface area contributed by atoms with E-state index < -0.39 is 0 Å². The van der Waals surface area contributed by atoms with Crippen LogP contribution in [0, 0.1) is 13.8 Å². The molecule has 0 fully saturated rings. The van der Waals surface area contributed by atoms with Gasteiger partial charge in [-0.25, -0.2) is 0 Å². The van der Waals surface area contributed by atoms with E-state index in [0.29, 0.717) is 30.6 Å². The van der Waals surface area contributed by atoms with Gasteiger partial charge in [0, 0.05) is 5.56 Å². The van der Waals surface area contributed by atoms with E-state index in [2.05, 4.69) is 46.4 Å². The monoisotopic (exact) mass is 372 g/mol. The van der Waals surface area contributed by atoms with Crippen LogP contribution in [0.3, 0.4) is 0 Å². The van der Waals surface area contributed by atoms with Crippen LogP contribution in [0.15, 0.2) is 59.1 Å². The molecule has 140 valence electrons. The Hall–Kier alpha value is -3.25. The third-order valence-electron chi connectivity index (χ3n) is 5.04. The molecule has 0 saturated carbocycles. The Labute approximate surface area is 162 Å². The first-order valence-electron chi connectivity index (χ1n) is 9.32. The average Bonchev–Trinajstić information content (AvgIpc) is 3.35. The number of aromatic nitrogens is 4. The predicted octanol–water partition coefficient (Wildman–Crippen LogP) is 4.49. The molecular weight excluding hydrogens is 352 g/mol. The second-order valence-corrected chi connectivity index (χ2v) is 7.20. The molecule has 2 aromatic carbocycles. The largest absolute Gasteiger partial charge is 0.365 e. The zero-order chi connectivity index (χ0) is 19.1. The Kier molecular flexibility index (Phi) is 4.06. The van der Waals surface area contributed by atoms with E-state index in [9.17, 15) is 0 Å². The van der Waals surface area contributed by atoms with Crippen LogP contribution in [0.5, 0.6) is 0 Å². The number of benzene rings is 2. The number of ether oxygens (including phenoxy) is 1. The van der Waals surface area contributed by atoms with E-state index in [1.165, 1.54) is 11.1 Å². The van der Waals surface area contributed by atoms with E-state index in [0.717, 1.165) is 16.8 Å². The maximum absolute atomic E-state index is 6.04. The fraction of sp³-hybridized carbons (Fsp3) is 0.227. The van der Waals surface area contributed by atoms with Crippen molar-refractivity contribution in [3.05, 3.63) is 77.0 Å². The molecule has 28 heavy (non-hydrogen) atoms. The van der Waals surface area contributed by atoms with Crippen molar-refractivity contribution in [2.24, 2.45) is 0 Å². The van der Waals surface area contributed by atoms with Crippen molar-refractivity contribution in [2.75, 3.05) is 0 Å². The molecule has 4 aromatic rings. The lowest BCUT2D eigenvalue weighted by atomic mass is 10.1. The summed E-state index contributed by atoms with van der Waals surface area (Å²) in [7, 11) is 0. The molecule has 1 atom stereocenters. The Morgan fingerprint density at radius 3 is 2.43 bits per heavy atom. The van der Waals surface area contributed by atoms with Crippen LogP contribution in [-0.4, -0.2) is 19.9 Å². The van der Waals surface area contributed by atoms with Crippen LogP contribution >= 0.6 is 0 Å². The summed E-state index contributed by atoms with van der Waals surface area (Å²) < 4.78 is 13.5. The lowest BCUT2D eigenvalue weighted by Crippen LogP contribution is -2.21. The molecule has 0 bridgehead atoms. The summed E-state index contributed by atoms with van der Waals surface area (Å²) in [6.07, 6.45) is -0.00773. The second-order valence-electron chi connectivity index (χ2n) is 7.20. The first kappa shape index (κ1) is 16.9. The van der Waals surface area contributed by atoms with Crippen LogP contribution in [0.25, 0.3) is 23.0 Å². The van der Waals surface area contributed by atoms with Crippen molar-refractivity contribution >= 4 is 0 Å². The second kappa shape index (κ2) is 6.73. The highest BCUT2D eigenvalue weighted by Crippen LogP contribution is 2.29. The minimum atomic E-state index is -0.00773. The summed E-state index contributed by atoms with van der Waals surface area (Å²) in [5, 5.41) is 8.78. The summed E-state index contributed by atoms with van der Waals surface area (Å²) in [4.78, 5) is 4.52. The Morgan fingerprint density at radius 1 is 0.964 bits per heavy atom. The van der Waals surface area contributed by atoms with Gasteiger partial charge in [0.05, 0.1) is 18.8 Å². The van der Waals surface area contributed by atoms with Gasteiger partial charge in [-0.15, -0.1) is 0 Å². The fourth-order valence-electron chi connectivity index (χ4n) is 3.36. The van der Waals surface area contributed by atoms with E-state index >= 15 is 0 Å². The molecule has 0 amide bonds. The lowest BCUT2D eigenvalue weighted by Gasteiger charge is -2.24. The fourth-order valence-corrected chi connectivity index (χ4v) is 3.36. The summed E-state index contributed by atoms with van der Waals surface area (Å²) in [5.41, 5.74) is 6.20. The van der Waals surface area contributed by atoms with E-state index in [4.69, 9.17) is 9.26 Å². The molecule has 0 spiro atoms. The number of hydrogen-bond acceptors (Lipinski definition) is 5. The van der Waals surface area contributed by atoms with Gasteiger partial charge in [0.1, 0.15) is 6.10 Å². The number of fused-ring (bicyclic) bond motifs is 1. The lowest BCUT2D eigenvalue weighted by molar-refractivity contribution is -0.00113. The third-order valence-corrected chi connectivity index (χ3v) is 5.04. The van der Waals surface area contributed by atoms with Gasteiger partial charge in [-0.1, -0.05) is 64.8 Å². The molecule has 0 aliphatic carbocycles. The number of aryl methyl sites for hydroxylation is 2. The van der Waals surface area contributed by atoms with E-state index in [-0.39, 0.29) is 6.10 Å². The molecule has 5 rings (SSSR count). The van der Waals surface area contributed by atoms with Gasteiger partial charge in [-0.05, 0) is 25.5 Å². The van der Waals surface area contributed by atoms with Gasteiger partial charge in [0.15, 0.2) is 5.69 Å². The molecule has 1 aliphatic rings. The van der Waals surface area contributed by atoms with Crippen molar-refractivity contribution in [3.63, 3.8) is 0 Å². The Morgan fingerprint density at radius 2 is 1.68 bits per heavy atom. The Balaban J connectivity index is 1.39. The van der Waals surface area contributed by atoms with Crippen molar-refractivity contribution in [1.82, 2.24) is 19.9 Å². The predicted molar refractivity (Wildman–Crippen MR) is 104 cm³/mol. The van der Waals surface area contributed by atoms with Crippen LogP contribution < -0.4 is 0 Å². The van der Waals surface area contributed by atoms with E-state index in [1.54, 1.807) is 0 Å². The summed E-state index contributed by atoms with van der Waals surface area (Å²) in [5.74, 6) is 0.985. The molecule has 0 unspecified atom stereocenters. The van der Waals surface area contributed by atoms with Crippen molar-refractivity contribution in [3.8, 4) is 23.0 Å². The molecule has 1 aliphatic heterocycles. The van der Waals surface area contributed by atoms with Gasteiger partial charge in [0.25, 0.3) is 5.89 Å². The van der Waals surface area contributed by atoms with Crippen LogP contribution in [0.1, 0.15) is 28.5 Å². The number of rotatable bonds is 3. The van der Waals surface area contributed by atoms with Crippen molar-refractivity contribution in [2.45, 2.75) is 33.1 Å². The summed E-state index contributed by atoms with van der Waals surface area (Å²) >= 11 is 0. The minimum absolute atomic E-state index is 0.00773. The standard InChI is InChI=1S/C22H20N4O2/c1-14-3-7-16(8-4-14)20-12-26-18(13-27-20)11-19(24-26)22-23-21(25-28-22)17-9-5-15(2)6-10-17/h3-11,20H,12-13H2,1-2H3/t20-/m0/s1. The van der Waals surface area contributed by atoms with Crippen LogP contribution in [-0.2, 0) is 17.9 Å². The van der Waals surface area contributed by atoms with Gasteiger partial charge in [-0.2, -0.15) is 10.1 Å². The molecule has 0 radical (unpaired) electrons. The number of hydrogen-bond donors (Lipinski definition) is 0. The van der Waals surface area contributed by atoms with Gasteiger partial charge in [0.2, 0.25) is 5.82 Å². The molecule has 0 saturated heterocycles. The van der Waals surface area contributed by atoms with Crippen molar-refractivity contribution < 1.29 is 9.26 Å². The first-order valence-corrected chi connectivity index (χ1v) is 9.32. The van der Waals surface area contributed by atoms with Crippen LogP contribution in [0.4, 0.5) is 0 Å². The molecule has 3 heterocycles. The smallest absolute Gasteiger partial charge is 0.278 e. The highest BCUT2D eigenvalue weighted by Gasteiger charge is 2.24. The topological polar surface area (TPSA) is 66.0 Å². The summed E-state index contributed by atoms with van der Waals surface area (Å²) in [6.45, 7) is 5.30. The van der Waals surface area contributed by atoms with Gasteiger partial charge < -0.3 is 9.26 Å². The highest BCUT2D eigenvalue weighted by atomic mass is 16.5.